The lowest BCUT2D eigenvalue weighted by Gasteiger charge is -2.11. The van der Waals surface area contributed by atoms with E-state index in [0.717, 1.165) is 5.69 Å². The second-order valence-electron chi connectivity index (χ2n) is 6.74. The van der Waals surface area contributed by atoms with Crippen molar-refractivity contribution in [3.05, 3.63) is 89.4 Å². The summed E-state index contributed by atoms with van der Waals surface area (Å²) in [5, 5.41) is 6.66. The minimum absolute atomic E-state index is 0.0232. The van der Waals surface area contributed by atoms with E-state index in [9.17, 15) is 9.59 Å². The van der Waals surface area contributed by atoms with Crippen molar-refractivity contribution < 1.29 is 19.1 Å². The first-order chi connectivity index (χ1) is 15.5. The first kappa shape index (κ1) is 22.4. The lowest BCUT2D eigenvalue weighted by molar-refractivity contribution is -0.117. The fourth-order valence-corrected chi connectivity index (χ4v) is 2.88. The van der Waals surface area contributed by atoms with Crippen molar-refractivity contribution in [2.45, 2.75) is 0 Å². The maximum Gasteiger partial charge on any atom is 0.287 e. The lowest BCUT2D eigenvalue weighted by atomic mass is 10.1. The van der Waals surface area contributed by atoms with Gasteiger partial charge in [-0.15, -0.1) is 0 Å². The van der Waals surface area contributed by atoms with Crippen LogP contribution in [0.2, 0.25) is 0 Å². The fraction of sp³-hybridized carbons (Fsp3) is 0.125. The molecule has 3 aromatic rings. The molecule has 2 N–H and O–H groups in total. The van der Waals surface area contributed by atoms with E-state index < -0.39 is 11.8 Å². The summed E-state index contributed by atoms with van der Waals surface area (Å²) < 4.78 is 12.4. The van der Waals surface area contributed by atoms with Crippen molar-refractivity contribution in [1.29, 1.82) is 0 Å². The Kier molecular flexibility index (Phi) is 7.42. The SMILES string of the molecule is COc1ccc(/C=C(\NC(=O)c2ccccc2)C(=O)N/N=C\c2cccn2C)cc1OC. The third kappa shape index (κ3) is 5.63. The van der Waals surface area contributed by atoms with Gasteiger partial charge in [-0.2, -0.15) is 5.10 Å². The number of carbonyl (C=O) groups is 2. The molecule has 1 aromatic heterocycles. The van der Waals surface area contributed by atoms with Crippen LogP contribution < -0.4 is 20.2 Å². The smallest absolute Gasteiger partial charge is 0.287 e. The van der Waals surface area contributed by atoms with Gasteiger partial charge in [-0.3, -0.25) is 9.59 Å². The number of rotatable bonds is 8. The number of nitrogens with zero attached hydrogens (tertiary/aromatic N) is 2. The van der Waals surface area contributed by atoms with E-state index in [1.165, 1.54) is 26.5 Å². The molecule has 0 aliphatic carbocycles. The van der Waals surface area contributed by atoms with Crippen LogP contribution in [0.25, 0.3) is 6.08 Å². The fourth-order valence-electron chi connectivity index (χ4n) is 2.88. The monoisotopic (exact) mass is 432 g/mol. The topological polar surface area (TPSA) is 94.0 Å². The molecule has 0 aliphatic rings. The number of methoxy groups -OCH3 is 2. The highest BCUT2D eigenvalue weighted by atomic mass is 16.5. The van der Waals surface area contributed by atoms with Crippen LogP contribution in [0.4, 0.5) is 0 Å². The number of benzene rings is 2. The summed E-state index contributed by atoms with van der Waals surface area (Å²) in [5.41, 5.74) is 4.34. The molecule has 0 bridgehead atoms. The highest BCUT2D eigenvalue weighted by molar-refractivity contribution is 6.05. The van der Waals surface area contributed by atoms with Crippen LogP contribution in [0.15, 0.2) is 77.7 Å². The second kappa shape index (κ2) is 10.6. The minimum atomic E-state index is -0.575. The summed E-state index contributed by atoms with van der Waals surface area (Å²) in [6.45, 7) is 0. The Hall–Kier alpha value is -4.33. The normalized spacial score (nSPS) is 11.3. The summed E-state index contributed by atoms with van der Waals surface area (Å²) in [7, 11) is 4.93. The third-order valence-corrected chi connectivity index (χ3v) is 4.59. The van der Waals surface area contributed by atoms with Crippen molar-refractivity contribution in [2.24, 2.45) is 12.1 Å². The Morgan fingerprint density at radius 3 is 2.38 bits per heavy atom. The highest BCUT2D eigenvalue weighted by Crippen LogP contribution is 2.28. The van der Waals surface area contributed by atoms with Gasteiger partial charge in [-0.05, 0) is 48.0 Å². The predicted octanol–water partition coefficient (Wildman–Crippen LogP) is 2.96. The van der Waals surface area contributed by atoms with Gasteiger partial charge in [0.15, 0.2) is 11.5 Å². The first-order valence-corrected chi connectivity index (χ1v) is 9.76. The zero-order chi connectivity index (χ0) is 22.9. The van der Waals surface area contributed by atoms with Crippen LogP contribution in [-0.4, -0.2) is 36.8 Å². The highest BCUT2D eigenvalue weighted by Gasteiger charge is 2.15. The molecular formula is C24H24N4O4. The molecule has 3 rings (SSSR count). The van der Waals surface area contributed by atoms with Crippen LogP contribution in [0, 0.1) is 0 Å². The van der Waals surface area contributed by atoms with Gasteiger partial charge < -0.3 is 19.4 Å². The van der Waals surface area contributed by atoms with Gasteiger partial charge in [0.2, 0.25) is 0 Å². The first-order valence-electron chi connectivity index (χ1n) is 9.76. The van der Waals surface area contributed by atoms with E-state index in [4.69, 9.17) is 9.47 Å². The van der Waals surface area contributed by atoms with E-state index in [-0.39, 0.29) is 5.70 Å². The molecule has 8 heteroatoms. The van der Waals surface area contributed by atoms with E-state index in [0.29, 0.717) is 22.6 Å². The van der Waals surface area contributed by atoms with E-state index in [1.807, 2.05) is 36.0 Å². The lowest BCUT2D eigenvalue weighted by Crippen LogP contribution is -2.32. The van der Waals surface area contributed by atoms with Crippen LogP contribution in [0.5, 0.6) is 11.5 Å². The molecule has 164 valence electrons. The second-order valence-corrected chi connectivity index (χ2v) is 6.74. The molecular weight excluding hydrogens is 408 g/mol. The van der Waals surface area contributed by atoms with Crippen LogP contribution in [0.1, 0.15) is 21.6 Å². The largest absolute Gasteiger partial charge is 0.493 e. The predicted molar refractivity (Wildman–Crippen MR) is 123 cm³/mol. The molecule has 2 amide bonds. The molecule has 0 fully saturated rings. The third-order valence-electron chi connectivity index (χ3n) is 4.59. The molecule has 0 saturated carbocycles. The van der Waals surface area contributed by atoms with Crippen molar-refractivity contribution in [3.8, 4) is 11.5 Å². The molecule has 32 heavy (non-hydrogen) atoms. The van der Waals surface area contributed by atoms with E-state index >= 15 is 0 Å². The van der Waals surface area contributed by atoms with Gasteiger partial charge in [-0.1, -0.05) is 24.3 Å². The molecule has 0 atom stereocenters. The Morgan fingerprint density at radius 2 is 1.72 bits per heavy atom. The number of hydrazone groups is 1. The van der Waals surface area contributed by atoms with E-state index in [1.54, 1.807) is 42.5 Å². The molecule has 0 radical (unpaired) electrons. The number of aromatic nitrogens is 1. The number of amides is 2. The Balaban J connectivity index is 1.87. The zero-order valence-electron chi connectivity index (χ0n) is 18.0. The Labute approximate surface area is 186 Å². The van der Waals surface area contributed by atoms with Crippen LogP contribution in [-0.2, 0) is 11.8 Å². The summed E-state index contributed by atoms with van der Waals surface area (Å²) in [4.78, 5) is 25.5. The molecule has 1 heterocycles. The number of hydrogen-bond donors (Lipinski definition) is 2. The van der Waals surface area contributed by atoms with Crippen molar-refractivity contribution in [3.63, 3.8) is 0 Å². The number of hydrogen-bond acceptors (Lipinski definition) is 5. The zero-order valence-corrected chi connectivity index (χ0v) is 18.0. The summed E-state index contributed by atoms with van der Waals surface area (Å²) in [6, 6.07) is 17.5. The van der Waals surface area contributed by atoms with Crippen molar-refractivity contribution in [2.75, 3.05) is 14.2 Å². The Bertz CT molecular complexity index is 1150. The summed E-state index contributed by atoms with van der Waals surface area (Å²) in [6.07, 6.45) is 4.92. The van der Waals surface area contributed by atoms with Gasteiger partial charge in [-0.25, -0.2) is 5.43 Å². The van der Waals surface area contributed by atoms with Crippen molar-refractivity contribution in [1.82, 2.24) is 15.3 Å². The Morgan fingerprint density at radius 1 is 0.969 bits per heavy atom. The van der Waals surface area contributed by atoms with Gasteiger partial charge in [0.1, 0.15) is 5.70 Å². The molecule has 0 aliphatic heterocycles. The van der Waals surface area contributed by atoms with Gasteiger partial charge in [0.25, 0.3) is 11.8 Å². The number of nitrogens with one attached hydrogen (secondary N) is 2. The minimum Gasteiger partial charge on any atom is -0.493 e. The summed E-state index contributed by atoms with van der Waals surface area (Å²) in [5.74, 6) is 0.0571. The average molecular weight is 432 g/mol. The standard InChI is InChI=1S/C24H24N4O4/c1-28-13-7-10-19(28)16-25-27-24(30)20(26-23(29)18-8-5-4-6-9-18)14-17-11-12-21(31-2)22(15-17)32-3/h4-16H,1-3H3,(H,26,29)(H,27,30)/b20-14-,25-16-. The molecule has 0 saturated heterocycles. The molecule has 0 unspecified atom stereocenters. The number of carbonyl (C=O) groups excluding carboxylic acids is 2. The molecule has 2 aromatic carbocycles. The maximum atomic E-state index is 12.8. The van der Waals surface area contributed by atoms with E-state index in [2.05, 4.69) is 15.8 Å². The van der Waals surface area contributed by atoms with Gasteiger partial charge in [0, 0.05) is 18.8 Å². The number of ether oxygens (including phenoxy) is 2. The van der Waals surface area contributed by atoms with Crippen molar-refractivity contribution >= 4 is 24.1 Å². The molecule has 0 spiro atoms. The van der Waals surface area contributed by atoms with Crippen LogP contribution >= 0.6 is 0 Å². The quantitative estimate of drug-likeness (QED) is 0.325. The van der Waals surface area contributed by atoms with Gasteiger partial charge in [0.05, 0.1) is 26.1 Å². The average Bonchev–Trinajstić information content (AvgIpc) is 3.23. The summed E-state index contributed by atoms with van der Waals surface area (Å²) >= 11 is 0. The maximum absolute atomic E-state index is 12.8. The molecule has 8 nitrogen and oxygen atoms in total. The number of aryl methyl sites for hydroxylation is 1. The van der Waals surface area contributed by atoms with Gasteiger partial charge >= 0.3 is 0 Å². The van der Waals surface area contributed by atoms with Crippen LogP contribution in [0.3, 0.4) is 0 Å².